The molecule has 0 spiro atoms. The van der Waals surface area contributed by atoms with Crippen LogP contribution in [0.25, 0.3) is 44.5 Å². The standard InChI is InChI=1S/C47H48O2/c1-27-15-11-16-28(2)37(27)41-43(39-31(5)19-13-20-32(39)6)46(49)44(40-33(7)21-14-22-34(40)8)42(38-29(3)17-12-18-30(38)4)45(41)47(9,10)35-23-25-36(48)26-24-35/h11-26,48-49H,1-10H3. The molecule has 0 amide bonds. The van der Waals surface area contributed by atoms with Crippen LogP contribution in [0.1, 0.15) is 69.5 Å². The third kappa shape index (κ3) is 5.64. The molecular weight excluding hydrogens is 597 g/mol. The summed E-state index contributed by atoms with van der Waals surface area (Å²) in [6, 6.07) is 33.4. The second-order valence-corrected chi connectivity index (χ2v) is 14.5. The molecule has 2 nitrogen and oxygen atoms in total. The molecule has 6 aromatic carbocycles. The molecule has 0 fully saturated rings. The molecule has 6 rings (SSSR count). The lowest BCUT2D eigenvalue weighted by molar-refractivity contribution is 0.474. The van der Waals surface area contributed by atoms with Crippen LogP contribution in [0.15, 0.2) is 97.1 Å². The van der Waals surface area contributed by atoms with Gasteiger partial charge in [-0.25, -0.2) is 0 Å². The lowest BCUT2D eigenvalue weighted by Crippen LogP contribution is -2.23. The Morgan fingerprint density at radius 2 is 0.612 bits per heavy atom. The van der Waals surface area contributed by atoms with Gasteiger partial charge in [-0.15, -0.1) is 0 Å². The summed E-state index contributed by atoms with van der Waals surface area (Å²) in [6.07, 6.45) is 0. The summed E-state index contributed by atoms with van der Waals surface area (Å²) >= 11 is 0. The van der Waals surface area contributed by atoms with Crippen LogP contribution in [-0.4, -0.2) is 10.2 Å². The Bertz CT molecular complexity index is 2020. The van der Waals surface area contributed by atoms with Crippen LogP contribution < -0.4 is 0 Å². The van der Waals surface area contributed by atoms with Gasteiger partial charge in [-0.2, -0.15) is 0 Å². The molecule has 0 aliphatic carbocycles. The van der Waals surface area contributed by atoms with Crippen molar-refractivity contribution in [1.29, 1.82) is 0 Å². The van der Waals surface area contributed by atoms with Crippen molar-refractivity contribution in [2.24, 2.45) is 0 Å². The van der Waals surface area contributed by atoms with Crippen LogP contribution >= 0.6 is 0 Å². The lowest BCUT2D eigenvalue weighted by atomic mass is 9.66. The van der Waals surface area contributed by atoms with Crippen molar-refractivity contribution in [3.63, 3.8) is 0 Å². The summed E-state index contributed by atoms with van der Waals surface area (Å²) in [5, 5.41) is 23.7. The molecule has 0 aliphatic heterocycles. The predicted octanol–water partition coefficient (Wildman–Crippen LogP) is 12.6. The van der Waals surface area contributed by atoms with E-state index in [9.17, 15) is 10.2 Å². The minimum absolute atomic E-state index is 0.239. The van der Waals surface area contributed by atoms with Crippen LogP contribution in [0.2, 0.25) is 0 Å². The van der Waals surface area contributed by atoms with E-state index in [-0.39, 0.29) is 5.75 Å². The second-order valence-electron chi connectivity index (χ2n) is 14.5. The number of hydrogen-bond donors (Lipinski definition) is 2. The van der Waals surface area contributed by atoms with Gasteiger partial charge in [0.25, 0.3) is 0 Å². The highest BCUT2D eigenvalue weighted by molar-refractivity contribution is 6.07. The van der Waals surface area contributed by atoms with Gasteiger partial charge in [0.05, 0.1) is 0 Å². The SMILES string of the molecule is Cc1cccc(C)c1-c1c(O)c(-c2c(C)cccc2C)c(-c2c(C)cccc2C)c(C(C)(C)c2ccc(O)cc2)c1-c1c(C)cccc1C. The highest BCUT2D eigenvalue weighted by Gasteiger charge is 2.38. The molecule has 0 saturated carbocycles. The van der Waals surface area contributed by atoms with E-state index in [1.807, 2.05) is 12.1 Å². The molecule has 49 heavy (non-hydrogen) atoms. The lowest BCUT2D eigenvalue weighted by Gasteiger charge is -2.37. The number of hydrogen-bond acceptors (Lipinski definition) is 2. The summed E-state index contributed by atoms with van der Waals surface area (Å²) in [5.74, 6) is 0.540. The van der Waals surface area contributed by atoms with Crippen molar-refractivity contribution in [3.8, 4) is 56.0 Å². The number of aromatic hydroxyl groups is 2. The molecule has 0 radical (unpaired) electrons. The number of rotatable bonds is 6. The van der Waals surface area contributed by atoms with Crippen molar-refractivity contribution in [2.45, 2.75) is 74.7 Å². The molecule has 248 valence electrons. The van der Waals surface area contributed by atoms with E-state index in [2.05, 4.69) is 142 Å². The fourth-order valence-corrected chi connectivity index (χ4v) is 8.21. The van der Waals surface area contributed by atoms with Gasteiger partial charge in [0.15, 0.2) is 0 Å². The minimum atomic E-state index is -0.577. The summed E-state index contributed by atoms with van der Waals surface area (Å²) in [6.45, 7) is 21.9. The zero-order valence-electron chi connectivity index (χ0n) is 30.6. The summed E-state index contributed by atoms with van der Waals surface area (Å²) in [7, 11) is 0. The fraction of sp³-hybridized carbons (Fsp3) is 0.234. The molecule has 2 heteroatoms. The van der Waals surface area contributed by atoms with Gasteiger partial charge in [-0.05, 0) is 157 Å². The number of aryl methyl sites for hydroxylation is 8. The Kier molecular flexibility index (Phi) is 8.80. The van der Waals surface area contributed by atoms with Gasteiger partial charge in [-0.3, -0.25) is 0 Å². The third-order valence-corrected chi connectivity index (χ3v) is 10.6. The van der Waals surface area contributed by atoms with Crippen LogP contribution in [0.5, 0.6) is 11.5 Å². The molecule has 0 aliphatic rings. The van der Waals surface area contributed by atoms with E-state index in [1.54, 1.807) is 12.1 Å². The van der Waals surface area contributed by atoms with Crippen molar-refractivity contribution >= 4 is 0 Å². The molecule has 0 unspecified atom stereocenters. The van der Waals surface area contributed by atoms with E-state index in [4.69, 9.17) is 0 Å². The van der Waals surface area contributed by atoms with Gasteiger partial charge in [0.2, 0.25) is 0 Å². The highest BCUT2D eigenvalue weighted by Crippen LogP contribution is 2.59. The zero-order chi connectivity index (χ0) is 35.4. The molecular formula is C47H48O2. The van der Waals surface area contributed by atoms with Crippen LogP contribution in [0, 0.1) is 55.4 Å². The van der Waals surface area contributed by atoms with Gasteiger partial charge < -0.3 is 10.2 Å². The first-order chi connectivity index (χ1) is 23.2. The first kappa shape index (κ1) is 33.8. The topological polar surface area (TPSA) is 40.5 Å². The van der Waals surface area contributed by atoms with E-state index in [1.165, 1.54) is 0 Å². The summed E-state index contributed by atoms with van der Waals surface area (Å²) < 4.78 is 0. The third-order valence-electron chi connectivity index (χ3n) is 10.6. The Hall–Kier alpha value is -5.08. The maximum absolute atomic E-state index is 13.3. The maximum atomic E-state index is 13.3. The predicted molar refractivity (Wildman–Crippen MR) is 208 cm³/mol. The molecule has 2 N–H and O–H groups in total. The molecule has 0 saturated heterocycles. The first-order valence-corrected chi connectivity index (χ1v) is 17.2. The summed E-state index contributed by atoms with van der Waals surface area (Å²) in [5.41, 5.74) is 18.9. The monoisotopic (exact) mass is 644 g/mol. The van der Waals surface area contributed by atoms with Crippen molar-refractivity contribution in [3.05, 3.63) is 153 Å². The first-order valence-electron chi connectivity index (χ1n) is 17.2. The van der Waals surface area contributed by atoms with Crippen LogP contribution in [-0.2, 0) is 5.41 Å². The Morgan fingerprint density at radius 3 is 0.898 bits per heavy atom. The Labute approximate surface area is 292 Å². The van der Waals surface area contributed by atoms with Gasteiger partial charge in [-0.1, -0.05) is 98.8 Å². The number of benzene rings is 6. The fourth-order valence-electron chi connectivity index (χ4n) is 8.21. The van der Waals surface area contributed by atoms with Gasteiger partial charge >= 0.3 is 0 Å². The largest absolute Gasteiger partial charge is 0.508 e. The van der Waals surface area contributed by atoms with Gasteiger partial charge in [0.1, 0.15) is 11.5 Å². The van der Waals surface area contributed by atoms with E-state index in [0.29, 0.717) is 5.75 Å². The molecule has 0 aromatic heterocycles. The quantitative estimate of drug-likeness (QED) is 0.189. The van der Waals surface area contributed by atoms with Crippen LogP contribution in [0.4, 0.5) is 0 Å². The van der Waals surface area contributed by atoms with Crippen molar-refractivity contribution in [2.75, 3.05) is 0 Å². The van der Waals surface area contributed by atoms with E-state index >= 15 is 0 Å². The molecule has 0 heterocycles. The highest BCUT2D eigenvalue weighted by atomic mass is 16.3. The normalized spacial score (nSPS) is 11.6. The van der Waals surface area contributed by atoms with Crippen molar-refractivity contribution in [1.82, 2.24) is 0 Å². The summed E-state index contributed by atoms with van der Waals surface area (Å²) in [4.78, 5) is 0. The average Bonchev–Trinajstić information content (AvgIpc) is 3.03. The smallest absolute Gasteiger partial charge is 0.132 e. The van der Waals surface area contributed by atoms with E-state index in [0.717, 1.165) is 100 Å². The minimum Gasteiger partial charge on any atom is -0.508 e. The van der Waals surface area contributed by atoms with Crippen LogP contribution in [0.3, 0.4) is 0 Å². The van der Waals surface area contributed by atoms with E-state index < -0.39 is 5.41 Å². The average molecular weight is 645 g/mol. The number of phenolic OH excluding ortho intramolecular Hbond substituents is 2. The zero-order valence-corrected chi connectivity index (χ0v) is 30.6. The maximum Gasteiger partial charge on any atom is 0.132 e. The van der Waals surface area contributed by atoms with Crippen molar-refractivity contribution < 1.29 is 10.2 Å². The van der Waals surface area contributed by atoms with Gasteiger partial charge in [0, 0.05) is 16.5 Å². The molecule has 6 aromatic rings. The Balaban J connectivity index is 2.05. The number of phenols is 2. The molecule has 0 atom stereocenters. The molecule has 0 bridgehead atoms. The Morgan fingerprint density at radius 1 is 0.347 bits per heavy atom. The second kappa shape index (κ2) is 12.7.